The predicted octanol–water partition coefficient (Wildman–Crippen LogP) is 4.95. The van der Waals surface area contributed by atoms with Gasteiger partial charge in [-0.2, -0.15) is 0 Å². The number of rotatable bonds is 5. The Morgan fingerprint density at radius 2 is 1.97 bits per heavy atom. The molecular weight excluding hydrogens is 460 g/mol. The average Bonchev–Trinajstić information content (AvgIpc) is 2.67. The number of nitrogens with zero attached hydrogens (tertiary/aromatic N) is 1. The summed E-state index contributed by atoms with van der Waals surface area (Å²) in [5.41, 5.74) is 0.709. The summed E-state index contributed by atoms with van der Waals surface area (Å²) in [5.74, 6) is -0.955. The normalized spacial score (nSPS) is 16.8. The van der Waals surface area contributed by atoms with E-state index in [1.165, 1.54) is 6.08 Å². The molecule has 6 nitrogen and oxygen atoms in total. The third-order valence-corrected chi connectivity index (χ3v) is 5.13. The van der Waals surface area contributed by atoms with Crippen molar-refractivity contribution in [3.05, 3.63) is 63.1 Å². The number of carbonyl (C=O) groups excluding carboxylic acids is 3. The zero-order chi connectivity index (χ0) is 21.1. The Morgan fingerprint density at radius 1 is 1.21 bits per heavy atom. The first-order valence-electron chi connectivity index (χ1n) is 8.93. The van der Waals surface area contributed by atoms with Gasteiger partial charge in [0.1, 0.15) is 11.3 Å². The Kier molecular flexibility index (Phi) is 6.39. The average molecular weight is 478 g/mol. The lowest BCUT2D eigenvalue weighted by atomic mass is 10.1. The third-order valence-electron chi connectivity index (χ3n) is 4.34. The maximum Gasteiger partial charge on any atom is 0.335 e. The first kappa shape index (κ1) is 21.1. The fraction of sp³-hybridized carbons (Fsp3) is 0.190. The molecule has 8 heteroatoms. The van der Waals surface area contributed by atoms with Crippen LogP contribution in [-0.4, -0.2) is 23.9 Å². The molecule has 150 valence electrons. The van der Waals surface area contributed by atoms with Crippen LogP contribution >= 0.6 is 27.5 Å². The third kappa shape index (κ3) is 4.68. The molecule has 0 spiro atoms. The fourth-order valence-corrected chi connectivity index (χ4v) is 3.30. The van der Waals surface area contributed by atoms with Crippen LogP contribution in [0.2, 0.25) is 5.02 Å². The monoisotopic (exact) mass is 476 g/mol. The number of imide groups is 2. The lowest BCUT2D eigenvalue weighted by Gasteiger charge is -2.26. The molecule has 0 bridgehead atoms. The fourth-order valence-electron chi connectivity index (χ4n) is 2.68. The maximum absolute atomic E-state index is 12.9. The number of halogens is 2. The predicted molar refractivity (Wildman–Crippen MR) is 115 cm³/mol. The van der Waals surface area contributed by atoms with Gasteiger partial charge in [0.15, 0.2) is 0 Å². The van der Waals surface area contributed by atoms with E-state index in [2.05, 4.69) is 21.2 Å². The van der Waals surface area contributed by atoms with E-state index >= 15 is 0 Å². The van der Waals surface area contributed by atoms with Gasteiger partial charge in [-0.25, -0.2) is 9.69 Å². The van der Waals surface area contributed by atoms with Crippen LogP contribution < -0.4 is 15.0 Å². The maximum atomic E-state index is 12.9. The summed E-state index contributed by atoms with van der Waals surface area (Å²) in [7, 11) is 0. The summed E-state index contributed by atoms with van der Waals surface area (Å²) >= 11 is 9.58. The molecule has 1 fully saturated rings. The number of anilines is 1. The number of benzene rings is 2. The van der Waals surface area contributed by atoms with E-state index in [0.29, 0.717) is 26.5 Å². The number of amides is 4. The number of hydrogen-bond acceptors (Lipinski definition) is 4. The second-order valence-electron chi connectivity index (χ2n) is 6.46. The summed E-state index contributed by atoms with van der Waals surface area (Å²) in [6, 6.07) is 10.9. The van der Waals surface area contributed by atoms with Gasteiger partial charge < -0.3 is 4.74 Å². The van der Waals surface area contributed by atoms with Crippen molar-refractivity contribution in [3.8, 4) is 5.75 Å². The van der Waals surface area contributed by atoms with E-state index in [0.717, 1.165) is 11.3 Å². The standard InChI is InChI=1S/C21H18BrClN2O4/c1-3-12(2)29-18-8-7-13(10-17(18)23)9-16-19(26)24-21(28)25(20(16)27)15-6-4-5-14(22)11-15/h4-12H,3H2,1-2H3,(H,24,26,28)/b16-9+/t12-/m0/s1. The van der Waals surface area contributed by atoms with Gasteiger partial charge in [0.05, 0.1) is 16.8 Å². The van der Waals surface area contributed by atoms with Crippen LogP contribution in [0.1, 0.15) is 25.8 Å². The number of barbiturate groups is 1. The van der Waals surface area contributed by atoms with Crippen LogP contribution in [0.5, 0.6) is 5.75 Å². The van der Waals surface area contributed by atoms with Crippen LogP contribution in [-0.2, 0) is 9.59 Å². The van der Waals surface area contributed by atoms with E-state index in [-0.39, 0.29) is 11.7 Å². The SMILES string of the molecule is CC[C@H](C)Oc1ccc(/C=C2\C(=O)NC(=O)N(c3cccc(Br)c3)C2=O)cc1Cl. The van der Waals surface area contributed by atoms with Crippen molar-refractivity contribution in [3.63, 3.8) is 0 Å². The first-order valence-corrected chi connectivity index (χ1v) is 10.1. The minimum atomic E-state index is -0.800. The second kappa shape index (κ2) is 8.80. The zero-order valence-electron chi connectivity index (χ0n) is 15.7. The number of nitrogens with one attached hydrogen (secondary N) is 1. The van der Waals surface area contributed by atoms with Gasteiger partial charge >= 0.3 is 6.03 Å². The number of carbonyl (C=O) groups is 3. The van der Waals surface area contributed by atoms with E-state index in [9.17, 15) is 14.4 Å². The van der Waals surface area contributed by atoms with Crippen LogP contribution in [0.4, 0.5) is 10.5 Å². The number of ether oxygens (including phenoxy) is 1. The minimum Gasteiger partial charge on any atom is -0.489 e. The molecular formula is C21H18BrClN2O4. The summed E-state index contributed by atoms with van der Waals surface area (Å²) in [6.45, 7) is 3.94. The van der Waals surface area contributed by atoms with E-state index in [1.54, 1.807) is 42.5 Å². The van der Waals surface area contributed by atoms with Crippen molar-refractivity contribution < 1.29 is 19.1 Å². The highest BCUT2D eigenvalue weighted by atomic mass is 79.9. The Hall–Kier alpha value is -2.64. The Bertz CT molecular complexity index is 1020. The first-order chi connectivity index (χ1) is 13.8. The van der Waals surface area contributed by atoms with Crippen molar-refractivity contribution in [2.75, 3.05) is 4.90 Å². The zero-order valence-corrected chi connectivity index (χ0v) is 18.1. The Labute approximate surface area is 181 Å². The van der Waals surface area contributed by atoms with Gasteiger partial charge in [-0.15, -0.1) is 0 Å². The van der Waals surface area contributed by atoms with Gasteiger partial charge in [0.25, 0.3) is 11.8 Å². The molecule has 1 aliphatic rings. The highest BCUT2D eigenvalue weighted by Gasteiger charge is 2.36. The molecule has 2 aromatic rings. The molecule has 0 saturated carbocycles. The molecule has 0 unspecified atom stereocenters. The van der Waals surface area contributed by atoms with Gasteiger partial charge in [0.2, 0.25) is 0 Å². The lowest BCUT2D eigenvalue weighted by Crippen LogP contribution is -2.54. The molecule has 3 rings (SSSR count). The molecule has 4 amide bonds. The smallest absolute Gasteiger partial charge is 0.335 e. The van der Waals surface area contributed by atoms with E-state index in [1.807, 2.05) is 13.8 Å². The summed E-state index contributed by atoms with van der Waals surface area (Å²) < 4.78 is 6.42. The summed E-state index contributed by atoms with van der Waals surface area (Å²) in [4.78, 5) is 38.4. The molecule has 1 saturated heterocycles. The highest BCUT2D eigenvalue weighted by Crippen LogP contribution is 2.29. The minimum absolute atomic E-state index is 0.00664. The molecule has 1 atom stereocenters. The van der Waals surface area contributed by atoms with Crippen molar-refractivity contribution in [2.45, 2.75) is 26.4 Å². The lowest BCUT2D eigenvalue weighted by molar-refractivity contribution is -0.122. The van der Waals surface area contributed by atoms with Crippen molar-refractivity contribution >= 4 is 57.1 Å². The van der Waals surface area contributed by atoms with Crippen molar-refractivity contribution in [1.29, 1.82) is 0 Å². The molecule has 0 radical (unpaired) electrons. The molecule has 1 aliphatic heterocycles. The van der Waals surface area contributed by atoms with Gasteiger partial charge in [-0.1, -0.05) is 46.6 Å². The van der Waals surface area contributed by atoms with Crippen molar-refractivity contribution in [1.82, 2.24) is 5.32 Å². The number of hydrogen-bond donors (Lipinski definition) is 1. The molecule has 1 heterocycles. The number of urea groups is 1. The molecule has 0 aliphatic carbocycles. The van der Waals surface area contributed by atoms with Crippen LogP contribution in [0.15, 0.2) is 52.5 Å². The topological polar surface area (TPSA) is 75.7 Å². The van der Waals surface area contributed by atoms with Gasteiger partial charge in [-0.3, -0.25) is 14.9 Å². The molecule has 2 aromatic carbocycles. The Balaban J connectivity index is 1.93. The largest absolute Gasteiger partial charge is 0.489 e. The van der Waals surface area contributed by atoms with Crippen molar-refractivity contribution in [2.24, 2.45) is 0 Å². The van der Waals surface area contributed by atoms with Crippen LogP contribution in [0.25, 0.3) is 6.08 Å². The molecule has 0 aromatic heterocycles. The summed E-state index contributed by atoms with van der Waals surface area (Å²) in [6.07, 6.45) is 2.23. The van der Waals surface area contributed by atoms with Crippen LogP contribution in [0, 0.1) is 0 Å². The second-order valence-corrected chi connectivity index (χ2v) is 7.79. The molecule has 29 heavy (non-hydrogen) atoms. The van der Waals surface area contributed by atoms with E-state index < -0.39 is 17.8 Å². The Morgan fingerprint density at radius 3 is 2.62 bits per heavy atom. The quantitative estimate of drug-likeness (QED) is 0.488. The van der Waals surface area contributed by atoms with Gasteiger partial charge in [0, 0.05) is 4.47 Å². The molecule has 1 N–H and O–H groups in total. The van der Waals surface area contributed by atoms with Crippen LogP contribution in [0.3, 0.4) is 0 Å². The van der Waals surface area contributed by atoms with Gasteiger partial charge in [-0.05, 0) is 55.3 Å². The summed E-state index contributed by atoms with van der Waals surface area (Å²) in [5, 5.41) is 2.56. The van der Waals surface area contributed by atoms with E-state index in [4.69, 9.17) is 16.3 Å². The highest BCUT2D eigenvalue weighted by molar-refractivity contribution is 9.10.